The molecule has 0 aliphatic carbocycles. The molecule has 1 heterocycles. The van der Waals surface area contributed by atoms with Gasteiger partial charge in [-0.25, -0.2) is 9.97 Å². The lowest BCUT2D eigenvalue weighted by Gasteiger charge is -2.04. The van der Waals surface area contributed by atoms with Crippen molar-refractivity contribution in [3.63, 3.8) is 0 Å². The molecule has 1 aromatic rings. The average Bonchev–Trinajstić information content (AvgIpc) is 2.17. The Labute approximate surface area is 84.8 Å². The third-order valence-corrected chi connectivity index (χ3v) is 1.88. The highest BCUT2D eigenvalue weighted by molar-refractivity contribution is 5.39. The van der Waals surface area contributed by atoms with E-state index >= 15 is 0 Å². The van der Waals surface area contributed by atoms with Crippen LogP contribution in [0.1, 0.15) is 30.9 Å². The summed E-state index contributed by atoms with van der Waals surface area (Å²) in [5.41, 5.74) is 2.04. The van der Waals surface area contributed by atoms with Crippen LogP contribution in [0.3, 0.4) is 0 Å². The van der Waals surface area contributed by atoms with Crippen LogP contribution < -0.4 is 0 Å². The molecular formula is C11H16N2O. The van der Waals surface area contributed by atoms with Gasteiger partial charge in [-0.05, 0) is 26.8 Å². The lowest BCUT2D eigenvalue weighted by molar-refractivity contribution is 0.133. The molecule has 0 amide bonds. The second kappa shape index (κ2) is 5.50. The monoisotopic (exact) mass is 192 g/mol. The third-order valence-electron chi connectivity index (χ3n) is 1.88. The lowest BCUT2D eigenvalue weighted by atomic mass is 10.2. The van der Waals surface area contributed by atoms with Crippen LogP contribution in [0.2, 0.25) is 0 Å². The summed E-state index contributed by atoms with van der Waals surface area (Å²) in [5.74, 6) is 0.755. The second-order valence-corrected chi connectivity index (χ2v) is 2.98. The summed E-state index contributed by atoms with van der Waals surface area (Å²) in [7, 11) is 0. The van der Waals surface area contributed by atoms with E-state index in [-0.39, 0.29) is 0 Å². The smallest absolute Gasteiger partial charge is 0.151 e. The van der Waals surface area contributed by atoms with Gasteiger partial charge in [-0.15, -0.1) is 0 Å². The predicted molar refractivity (Wildman–Crippen MR) is 56.8 cm³/mol. The first-order valence-electron chi connectivity index (χ1n) is 4.81. The number of aryl methyl sites for hydroxylation is 1. The molecule has 1 aromatic heterocycles. The van der Waals surface area contributed by atoms with Gasteiger partial charge in [-0.1, -0.05) is 6.08 Å². The zero-order valence-corrected chi connectivity index (χ0v) is 8.95. The van der Waals surface area contributed by atoms with Crippen LogP contribution >= 0.6 is 0 Å². The van der Waals surface area contributed by atoms with E-state index in [0.717, 1.165) is 23.7 Å². The lowest BCUT2D eigenvalue weighted by Crippen LogP contribution is -2.00. The second-order valence-electron chi connectivity index (χ2n) is 2.98. The summed E-state index contributed by atoms with van der Waals surface area (Å²) in [6, 6.07) is 0. The number of allylic oxidation sites excluding steroid dienone is 1. The molecule has 14 heavy (non-hydrogen) atoms. The standard InChI is InChI=1S/C11H16N2O/c1-4-6-11-12-7-10(8-14-5-2)9(3)13-11/h4,6-7H,5,8H2,1-3H3/b6-4+. The zero-order chi connectivity index (χ0) is 10.4. The summed E-state index contributed by atoms with van der Waals surface area (Å²) in [6.07, 6.45) is 5.64. The van der Waals surface area contributed by atoms with Crippen molar-refractivity contribution in [3.05, 3.63) is 29.4 Å². The maximum Gasteiger partial charge on any atom is 0.151 e. The van der Waals surface area contributed by atoms with E-state index in [1.54, 1.807) is 0 Å². The molecule has 3 heteroatoms. The van der Waals surface area contributed by atoms with E-state index in [1.165, 1.54) is 0 Å². The molecule has 0 bridgehead atoms. The van der Waals surface area contributed by atoms with E-state index in [9.17, 15) is 0 Å². The van der Waals surface area contributed by atoms with Gasteiger partial charge in [0.2, 0.25) is 0 Å². The minimum absolute atomic E-state index is 0.596. The molecule has 0 saturated heterocycles. The van der Waals surface area contributed by atoms with Crippen LogP contribution in [0.4, 0.5) is 0 Å². The molecule has 1 rings (SSSR count). The van der Waals surface area contributed by atoms with Gasteiger partial charge in [-0.3, -0.25) is 0 Å². The highest BCUT2D eigenvalue weighted by Crippen LogP contribution is 2.06. The third kappa shape index (κ3) is 2.92. The van der Waals surface area contributed by atoms with Gasteiger partial charge in [0.15, 0.2) is 5.82 Å². The first kappa shape index (κ1) is 10.9. The maximum atomic E-state index is 5.30. The van der Waals surface area contributed by atoms with Crippen LogP contribution in [0.25, 0.3) is 6.08 Å². The molecule has 0 fully saturated rings. The predicted octanol–water partition coefficient (Wildman–Crippen LogP) is 2.35. The van der Waals surface area contributed by atoms with Crippen molar-refractivity contribution in [2.24, 2.45) is 0 Å². The van der Waals surface area contributed by atoms with Gasteiger partial charge in [0, 0.05) is 24.1 Å². The van der Waals surface area contributed by atoms with E-state index in [1.807, 2.05) is 39.1 Å². The van der Waals surface area contributed by atoms with Crippen LogP contribution in [-0.4, -0.2) is 16.6 Å². The van der Waals surface area contributed by atoms with Crippen molar-refractivity contribution < 1.29 is 4.74 Å². The number of hydrogen-bond acceptors (Lipinski definition) is 3. The van der Waals surface area contributed by atoms with Crippen molar-refractivity contribution in [3.8, 4) is 0 Å². The van der Waals surface area contributed by atoms with Gasteiger partial charge in [0.25, 0.3) is 0 Å². The Morgan fingerprint density at radius 3 is 2.86 bits per heavy atom. The van der Waals surface area contributed by atoms with Crippen molar-refractivity contribution in [1.29, 1.82) is 0 Å². The Bertz CT molecular complexity index is 321. The summed E-state index contributed by atoms with van der Waals surface area (Å²) in [6.45, 7) is 7.22. The summed E-state index contributed by atoms with van der Waals surface area (Å²) < 4.78 is 5.30. The van der Waals surface area contributed by atoms with Crippen molar-refractivity contribution in [1.82, 2.24) is 9.97 Å². The van der Waals surface area contributed by atoms with Gasteiger partial charge in [0.05, 0.1) is 6.61 Å². The molecule has 0 N–H and O–H groups in total. The molecule has 0 aliphatic heterocycles. The van der Waals surface area contributed by atoms with Gasteiger partial charge < -0.3 is 4.74 Å². The van der Waals surface area contributed by atoms with Crippen molar-refractivity contribution >= 4 is 6.08 Å². The summed E-state index contributed by atoms with van der Waals surface area (Å²) in [4.78, 5) is 8.54. The van der Waals surface area contributed by atoms with E-state index in [0.29, 0.717) is 6.61 Å². The molecule has 0 aromatic carbocycles. The summed E-state index contributed by atoms with van der Waals surface area (Å²) >= 11 is 0. The largest absolute Gasteiger partial charge is 0.377 e. The Morgan fingerprint density at radius 1 is 1.50 bits per heavy atom. The van der Waals surface area contributed by atoms with Crippen LogP contribution in [0.5, 0.6) is 0 Å². The first-order chi connectivity index (χ1) is 6.77. The highest BCUT2D eigenvalue weighted by Gasteiger charge is 2.00. The van der Waals surface area contributed by atoms with Gasteiger partial charge in [0.1, 0.15) is 0 Å². The van der Waals surface area contributed by atoms with E-state index in [4.69, 9.17) is 4.74 Å². The minimum atomic E-state index is 0.596. The fourth-order valence-corrected chi connectivity index (χ4v) is 1.09. The Morgan fingerprint density at radius 2 is 2.29 bits per heavy atom. The zero-order valence-electron chi connectivity index (χ0n) is 8.95. The van der Waals surface area contributed by atoms with E-state index < -0.39 is 0 Å². The number of rotatable bonds is 4. The van der Waals surface area contributed by atoms with Gasteiger partial charge in [-0.2, -0.15) is 0 Å². The molecule has 3 nitrogen and oxygen atoms in total. The van der Waals surface area contributed by atoms with Crippen LogP contribution in [0, 0.1) is 6.92 Å². The van der Waals surface area contributed by atoms with Gasteiger partial charge >= 0.3 is 0 Å². The molecule has 0 atom stereocenters. The number of ether oxygens (including phenoxy) is 1. The fourth-order valence-electron chi connectivity index (χ4n) is 1.09. The average molecular weight is 192 g/mol. The van der Waals surface area contributed by atoms with Crippen molar-refractivity contribution in [2.45, 2.75) is 27.4 Å². The Balaban J connectivity index is 2.79. The van der Waals surface area contributed by atoms with Crippen LogP contribution in [0.15, 0.2) is 12.3 Å². The highest BCUT2D eigenvalue weighted by atomic mass is 16.5. The molecule has 76 valence electrons. The van der Waals surface area contributed by atoms with Crippen molar-refractivity contribution in [2.75, 3.05) is 6.61 Å². The fraction of sp³-hybridized carbons (Fsp3) is 0.455. The molecule has 0 radical (unpaired) electrons. The molecular weight excluding hydrogens is 176 g/mol. The Hall–Kier alpha value is -1.22. The van der Waals surface area contributed by atoms with E-state index in [2.05, 4.69) is 9.97 Å². The molecule has 0 aliphatic rings. The Kier molecular flexibility index (Phi) is 4.26. The molecule has 0 saturated carbocycles. The molecule has 0 unspecified atom stereocenters. The number of hydrogen-bond donors (Lipinski definition) is 0. The quantitative estimate of drug-likeness (QED) is 0.734. The summed E-state index contributed by atoms with van der Waals surface area (Å²) in [5, 5.41) is 0. The maximum absolute atomic E-state index is 5.30. The van der Waals surface area contributed by atoms with Crippen LogP contribution in [-0.2, 0) is 11.3 Å². The molecule has 0 spiro atoms. The number of nitrogens with zero attached hydrogens (tertiary/aromatic N) is 2. The minimum Gasteiger partial charge on any atom is -0.377 e. The topological polar surface area (TPSA) is 35.0 Å². The number of aromatic nitrogens is 2. The SMILES string of the molecule is C/C=C/c1ncc(COCC)c(C)n1. The normalized spacial score (nSPS) is 11.1. The first-order valence-corrected chi connectivity index (χ1v) is 4.81.